The minimum Gasteiger partial charge on any atom is -0.454 e. The van der Waals surface area contributed by atoms with Gasteiger partial charge in [-0.2, -0.15) is 0 Å². The van der Waals surface area contributed by atoms with Crippen molar-refractivity contribution >= 4 is 5.91 Å². The Morgan fingerprint density at radius 3 is 2.64 bits per heavy atom. The van der Waals surface area contributed by atoms with Crippen molar-refractivity contribution in [3.05, 3.63) is 23.8 Å². The molecule has 1 atom stereocenters. The molecule has 5 heteroatoms. The molecule has 1 saturated carbocycles. The minimum absolute atomic E-state index is 0.123. The Balaban J connectivity index is 1.63. The molecule has 0 aromatic heterocycles. The normalized spacial score (nSPS) is 18.4. The number of carbonyl (C=O) groups excluding carboxylic acids is 1. The summed E-state index contributed by atoms with van der Waals surface area (Å²) in [5.41, 5.74) is 1.14. The van der Waals surface area contributed by atoms with E-state index >= 15 is 0 Å². The summed E-state index contributed by atoms with van der Waals surface area (Å²) in [5.74, 6) is 1.83. The van der Waals surface area contributed by atoms with E-state index in [0.717, 1.165) is 43.0 Å². The number of fused-ring (bicyclic) bond motifs is 1. The summed E-state index contributed by atoms with van der Waals surface area (Å²) in [7, 11) is 1.98. The van der Waals surface area contributed by atoms with Crippen LogP contribution in [0.25, 0.3) is 0 Å². The molecule has 1 amide bonds. The lowest BCUT2D eigenvalue weighted by Crippen LogP contribution is -2.49. The molecule has 0 bridgehead atoms. The first-order chi connectivity index (χ1) is 12.1. The molecular formula is C20H30N2O3. The number of ether oxygens (including phenoxy) is 2. The van der Waals surface area contributed by atoms with Gasteiger partial charge in [0, 0.05) is 19.6 Å². The second-order valence-electron chi connectivity index (χ2n) is 7.17. The molecule has 1 fully saturated rings. The fourth-order valence-electron chi connectivity index (χ4n) is 3.90. The molecule has 1 aromatic carbocycles. The third kappa shape index (κ3) is 4.09. The molecule has 0 saturated heterocycles. The zero-order valence-corrected chi connectivity index (χ0v) is 15.7. The van der Waals surface area contributed by atoms with Crippen LogP contribution in [0.15, 0.2) is 18.2 Å². The Kier molecular flexibility index (Phi) is 5.84. The largest absolute Gasteiger partial charge is 0.454 e. The molecule has 1 heterocycles. The van der Waals surface area contributed by atoms with Crippen molar-refractivity contribution in [1.82, 2.24) is 9.80 Å². The summed E-state index contributed by atoms with van der Waals surface area (Å²) in [6.07, 6.45) is 6.07. The number of carbonyl (C=O) groups is 1. The molecule has 0 radical (unpaired) electrons. The lowest BCUT2D eigenvalue weighted by atomic mass is 9.94. The van der Waals surface area contributed by atoms with E-state index in [1.807, 2.05) is 31.0 Å². The molecule has 1 aliphatic carbocycles. The fraction of sp³-hybridized carbons (Fsp3) is 0.650. The van der Waals surface area contributed by atoms with Crippen LogP contribution in [0.4, 0.5) is 0 Å². The molecule has 0 N–H and O–H groups in total. The summed E-state index contributed by atoms with van der Waals surface area (Å²) in [5, 5.41) is 0. The smallest absolute Gasteiger partial charge is 0.239 e. The highest BCUT2D eigenvalue weighted by Crippen LogP contribution is 2.33. The van der Waals surface area contributed by atoms with Gasteiger partial charge >= 0.3 is 0 Å². The van der Waals surface area contributed by atoms with Gasteiger partial charge in [-0.1, -0.05) is 32.3 Å². The van der Waals surface area contributed by atoms with Gasteiger partial charge in [-0.05, 0) is 44.0 Å². The van der Waals surface area contributed by atoms with Crippen molar-refractivity contribution in [2.24, 2.45) is 0 Å². The van der Waals surface area contributed by atoms with Crippen molar-refractivity contribution in [2.75, 3.05) is 20.4 Å². The Morgan fingerprint density at radius 1 is 1.20 bits per heavy atom. The molecule has 2 aliphatic rings. The summed E-state index contributed by atoms with van der Waals surface area (Å²) in [6, 6.07) is 6.31. The standard InChI is InChI=1S/C20H30N2O3/c1-4-22(13-16-10-11-18-19(12-16)25-14-24-18)15(2)20(23)21(3)17-8-6-5-7-9-17/h10-12,15,17H,4-9,13-14H2,1-3H3. The Hall–Kier alpha value is -1.75. The maximum Gasteiger partial charge on any atom is 0.239 e. The van der Waals surface area contributed by atoms with E-state index in [1.165, 1.54) is 19.3 Å². The van der Waals surface area contributed by atoms with Crippen LogP contribution in [0.2, 0.25) is 0 Å². The first-order valence-electron chi connectivity index (χ1n) is 9.49. The van der Waals surface area contributed by atoms with Crippen LogP contribution in [0.5, 0.6) is 11.5 Å². The Morgan fingerprint density at radius 2 is 1.92 bits per heavy atom. The van der Waals surface area contributed by atoms with E-state index in [0.29, 0.717) is 6.04 Å². The average molecular weight is 346 g/mol. The molecule has 3 rings (SSSR count). The molecule has 0 spiro atoms. The Bertz CT molecular complexity index is 599. The van der Waals surface area contributed by atoms with Gasteiger partial charge in [0.15, 0.2) is 11.5 Å². The summed E-state index contributed by atoms with van der Waals surface area (Å²) in [6.45, 7) is 5.99. The summed E-state index contributed by atoms with van der Waals surface area (Å²) < 4.78 is 10.8. The lowest BCUT2D eigenvalue weighted by molar-refractivity contribution is -0.138. The number of hydrogen-bond acceptors (Lipinski definition) is 4. The molecule has 1 aromatic rings. The first-order valence-corrected chi connectivity index (χ1v) is 9.49. The van der Waals surface area contributed by atoms with Gasteiger partial charge in [-0.25, -0.2) is 0 Å². The van der Waals surface area contributed by atoms with Crippen molar-refractivity contribution in [3.8, 4) is 11.5 Å². The SMILES string of the molecule is CCN(Cc1ccc2c(c1)OCO2)C(C)C(=O)N(C)C1CCCCC1. The van der Waals surface area contributed by atoms with E-state index in [1.54, 1.807) is 0 Å². The predicted octanol–water partition coefficient (Wildman–Crippen LogP) is 3.42. The lowest BCUT2D eigenvalue weighted by Gasteiger charge is -2.36. The molecule has 1 aliphatic heterocycles. The van der Waals surface area contributed by atoms with Gasteiger partial charge in [0.1, 0.15) is 0 Å². The van der Waals surface area contributed by atoms with E-state index in [9.17, 15) is 4.79 Å². The van der Waals surface area contributed by atoms with Gasteiger partial charge in [0.05, 0.1) is 6.04 Å². The molecule has 138 valence electrons. The number of rotatable bonds is 6. The quantitative estimate of drug-likeness (QED) is 0.791. The van der Waals surface area contributed by atoms with Gasteiger partial charge in [-0.15, -0.1) is 0 Å². The number of nitrogens with zero attached hydrogens (tertiary/aromatic N) is 2. The second-order valence-corrected chi connectivity index (χ2v) is 7.17. The summed E-state index contributed by atoms with van der Waals surface area (Å²) >= 11 is 0. The van der Waals surface area contributed by atoms with Crippen LogP contribution in [0, 0.1) is 0 Å². The number of amides is 1. The van der Waals surface area contributed by atoms with Gasteiger partial charge in [-0.3, -0.25) is 9.69 Å². The van der Waals surface area contributed by atoms with Crippen LogP contribution in [0.3, 0.4) is 0 Å². The highest BCUT2D eigenvalue weighted by molar-refractivity contribution is 5.81. The highest BCUT2D eigenvalue weighted by atomic mass is 16.7. The molecule has 25 heavy (non-hydrogen) atoms. The third-order valence-electron chi connectivity index (χ3n) is 5.60. The number of likely N-dealkylation sites (N-methyl/N-ethyl adjacent to an activating group) is 2. The van der Waals surface area contributed by atoms with Gasteiger partial charge in [0.2, 0.25) is 12.7 Å². The predicted molar refractivity (Wildman–Crippen MR) is 97.8 cm³/mol. The number of benzene rings is 1. The zero-order valence-electron chi connectivity index (χ0n) is 15.7. The second kappa shape index (κ2) is 8.09. The van der Waals surface area contributed by atoms with Crippen molar-refractivity contribution < 1.29 is 14.3 Å². The van der Waals surface area contributed by atoms with Crippen LogP contribution in [-0.4, -0.2) is 48.2 Å². The average Bonchev–Trinajstić information content (AvgIpc) is 3.12. The monoisotopic (exact) mass is 346 g/mol. The molecular weight excluding hydrogens is 316 g/mol. The Labute approximate surface area is 150 Å². The minimum atomic E-state index is -0.123. The highest BCUT2D eigenvalue weighted by Gasteiger charge is 2.28. The molecule has 5 nitrogen and oxygen atoms in total. The van der Waals surface area contributed by atoms with E-state index in [4.69, 9.17) is 9.47 Å². The maximum atomic E-state index is 13.0. The zero-order chi connectivity index (χ0) is 17.8. The van der Waals surface area contributed by atoms with Crippen molar-refractivity contribution in [3.63, 3.8) is 0 Å². The fourth-order valence-corrected chi connectivity index (χ4v) is 3.90. The topological polar surface area (TPSA) is 42.0 Å². The van der Waals surface area contributed by atoms with Crippen LogP contribution < -0.4 is 9.47 Å². The van der Waals surface area contributed by atoms with Crippen LogP contribution in [0.1, 0.15) is 51.5 Å². The van der Waals surface area contributed by atoms with Crippen molar-refractivity contribution in [1.29, 1.82) is 0 Å². The van der Waals surface area contributed by atoms with Crippen molar-refractivity contribution in [2.45, 2.75) is 64.6 Å². The van der Waals surface area contributed by atoms with Crippen LogP contribution >= 0.6 is 0 Å². The first kappa shape index (κ1) is 18.1. The maximum absolute atomic E-state index is 13.0. The van der Waals surface area contributed by atoms with Gasteiger partial charge < -0.3 is 14.4 Å². The summed E-state index contributed by atoms with van der Waals surface area (Å²) in [4.78, 5) is 17.2. The van der Waals surface area contributed by atoms with Crippen LogP contribution in [-0.2, 0) is 11.3 Å². The van der Waals surface area contributed by atoms with E-state index in [-0.39, 0.29) is 18.7 Å². The van der Waals surface area contributed by atoms with E-state index < -0.39 is 0 Å². The third-order valence-corrected chi connectivity index (χ3v) is 5.60. The van der Waals surface area contributed by atoms with E-state index in [2.05, 4.69) is 17.9 Å². The van der Waals surface area contributed by atoms with Gasteiger partial charge in [0.25, 0.3) is 0 Å². The number of hydrogen-bond donors (Lipinski definition) is 0. The molecule has 1 unspecified atom stereocenters.